The van der Waals surface area contributed by atoms with Crippen LogP contribution < -0.4 is 5.32 Å². The van der Waals surface area contributed by atoms with E-state index in [1.54, 1.807) is 6.07 Å². The maximum Gasteiger partial charge on any atom is 0.143 e. The molecule has 1 atom stereocenters. The average Bonchev–Trinajstić information content (AvgIpc) is 2.52. The van der Waals surface area contributed by atoms with E-state index in [9.17, 15) is 4.39 Å². The maximum atomic E-state index is 13.2. The van der Waals surface area contributed by atoms with Crippen molar-refractivity contribution in [3.63, 3.8) is 0 Å². The third kappa shape index (κ3) is 2.67. The van der Waals surface area contributed by atoms with Gasteiger partial charge in [-0.25, -0.2) is 4.39 Å². The summed E-state index contributed by atoms with van der Waals surface area (Å²) in [5.74, 6) is -0.357. The van der Waals surface area contributed by atoms with E-state index in [-0.39, 0.29) is 10.8 Å². The van der Waals surface area contributed by atoms with Gasteiger partial charge in [-0.2, -0.15) is 0 Å². The number of halogens is 2. The first-order chi connectivity index (χ1) is 7.46. The Labute approximate surface area is 101 Å². The van der Waals surface area contributed by atoms with E-state index in [0.29, 0.717) is 11.5 Å². The Hall–Kier alpha value is -0.760. The Bertz CT molecular complexity index is 390. The van der Waals surface area contributed by atoms with Crippen molar-refractivity contribution in [1.82, 2.24) is 0 Å². The molecule has 88 valence electrons. The fourth-order valence-electron chi connectivity index (χ4n) is 2.38. The molecule has 0 amide bonds. The molecule has 0 aromatic heterocycles. The van der Waals surface area contributed by atoms with E-state index in [0.717, 1.165) is 18.5 Å². The second-order valence-corrected chi connectivity index (χ2v) is 5.78. The molecule has 0 saturated heterocycles. The highest BCUT2D eigenvalue weighted by molar-refractivity contribution is 6.30. The van der Waals surface area contributed by atoms with E-state index >= 15 is 0 Å². The van der Waals surface area contributed by atoms with Crippen molar-refractivity contribution in [2.45, 2.75) is 39.2 Å². The van der Waals surface area contributed by atoms with E-state index < -0.39 is 0 Å². The number of nitrogens with one attached hydrogen (secondary N) is 1. The van der Waals surface area contributed by atoms with Crippen LogP contribution in [0, 0.1) is 11.2 Å². The predicted molar refractivity (Wildman–Crippen MR) is 66.5 cm³/mol. The van der Waals surface area contributed by atoms with Crippen molar-refractivity contribution in [3.8, 4) is 0 Å². The lowest BCUT2D eigenvalue weighted by atomic mass is 9.92. The number of hydrogen-bond donors (Lipinski definition) is 1. The van der Waals surface area contributed by atoms with Gasteiger partial charge in [-0.15, -0.1) is 0 Å². The first-order valence-corrected chi connectivity index (χ1v) is 6.06. The molecule has 0 spiro atoms. The molecule has 3 heteroatoms. The second kappa shape index (κ2) is 4.25. The Balaban J connectivity index is 2.02. The number of rotatable bonds is 2. The molecule has 0 bridgehead atoms. The van der Waals surface area contributed by atoms with Crippen molar-refractivity contribution >= 4 is 17.3 Å². The summed E-state index contributed by atoms with van der Waals surface area (Å²) in [6.07, 6.45) is 3.51. The highest BCUT2D eigenvalue weighted by Gasteiger charge is 2.30. The Morgan fingerprint density at radius 1 is 1.44 bits per heavy atom. The first kappa shape index (κ1) is 11.7. The molecule has 1 N–H and O–H groups in total. The summed E-state index contributed by atoms with van der Waals surface area (Å²) in [6.45, 7) is 4.55. The van der Waals surface area contributed by atoms with Crippen LogP contribution in [0.1, 0.15) is 33.1 Å². The van der Waals surface area contributed by atoms with Crippen LogP contribution in [0.2, 0.25) is 5.02 Å². The summed E-state index contributed by atoms with van der Waals surface area (Å²) >= 11 is 5.64. The minimum atomic E-state index is -0.357. The third-order valence-corrected chi connectivity index (χ3v) is 3.57. The van der Waals surface area contributed by atoms with Crippen molar-refractivity contribution in [2.24, 2.45) is 5.41 Å². The maximum absolute atomic E-state index is 13.2. The largest absolute Gasteiger partial charge is 0.382 e. The van der Waals surface area contributed by atoms with Crippen LogP contribution in [0.4, 0.5) is 10.1 Å². The van der Waals surface area contributed by atoms with Crippen LogP contribution in [-0.4, -0.2) is 6.04 Å². The fourth-order valence-corrected chi connectivity index (χ4v) is 2.50. The molecule has 0 heterocycles. The minimum absolute atomic E-state index is 0.178. The summed E-state index contributed by atoms with van der Waals surface area (Å²) in [5.41, 5.74) is 1.23. The summed E-state index contributed by atoms with van der Waals surface area (Å²) in [6, 6.07) is 5.35. The van der Waals surface area contributed by atoms with Gasteiger partial charge in [0.1, 0.15) is 5.82 Å². The molecule has 1 unspecified atom stereocenters. The van der Waals surface area contributed by atoms with Crippen LogP contribution in [0.5, 0.6) is 0 Å². The van der Waals surface area contributed by atoms with Crippen LogP contribution in [-0.2, 0) is 0 Å². The smallest absolute Gasteiger partial charge is 0.143 e. The summed E-state index contributed by atoms with van der Waals surface area (Å²) in [4.78, 5) is 0. The number of anilines is 1. The van der Waals surface area contributed by atoms with Gasteiger partial charge in [-0.05, 0) is 42.9 Å². The Morgan fingerprint density at radius 2 is 2.19 bits per heavy atom. The van der Waals surface area contributed by atoms with Gasteiger partial charge in [-0.1, -0.05) is 25.4 Å². The lowest BCUT2D eigenvalue weighted by Gasteiger charge is -2.18. The van der Waals surface area contributed by atoms with Gasteiger partial charge >= 0.3 is 0 Å². The van der Waals surface area contributed by atoms with Crippen molar-refractivity contribution in [2.75, 3.05) is 5.32 Å². The highest BCUT2D eigenvalue weighted by Crippen LogP contribution is 2.38. The highest BCUT2D eigenvalue weighted by atomic mass is 35.5. The van der Waals surface area contributed by atoms with Gasteiger partial charge in [0.25, 0.3) is 0 Å². The molecule has 1 fully saturated rings. The first-order valence-electron chi connectivity index (χ1n) is 5.68. The van der Waals surface area contributed by atoms with E-state index in [2.05, 4.69) is 19.2 Å². The molecule has 2 rings (SSSR count). The zero-order valence-electron chi connectivity index (χ0n) is 9.69. The molecule has 1 aromatic rings. The summed E-state index contributed by atoms with van der Waals surface area (Å²) in [7, 11) is 0. The van der Waals surface area contributed by atoms with Gasteiger partial charge in [0.15, 0.2) is 0 Å². The molecule has 1 aromatic carbocycles. The lowest BCUT2D eigenvalue weighted by molar-refractivity contribution is 0.378. The van der Waals surface area contributed by atoms with Crippen molar-refractivity contribution < 1.29 is 4.39 Å². The van der Waals surface area contributed by atoms with Crippen molar-refractivity contribution in [3.05, 3.63) is 29.0 Å². The normalized spacial score (nSPS) is 23.4. The molecule has 0 radical (unpaired) electrons. The van der Waals surface area contributed by atoms with Crippen LogP contribution in [0.15, 0.2) is 18.2 Å². The standard InChI is InChI=1S/C13H17ClFN/c1-13(2)6-5-10(8-13)16-9-3-4-11(14)12(15)7-9/h3-4,7,10,16H,5-6,8H2,1-2H3. The van der Waals surface area contributed by atoms with Gasteiger partial charge in [0, 0.05) is 11.7 Å². The van der Waals surface area contributed by atoms with E-state index in [1.165, 1.54) is 12.5 Å². The van der Waals surface area contributed by atoms with Gasteiger partial charge in [0.05, 0.1) is 5.02 Å². The average molecular weight is 242 g/mol. The molecule has 16 heavy (non-hydrogen) atoms. The molecule has 0 aliphatic heterocycles. The van der Waals surface area contributed by atoms with Gasteiger partial charge in [0.2, 0.25) is 0 Å². The van der Waals surface area contributed by atoms with Gasteiger partial charge < -0.3 is 5.32 Å². The van der Waals surface area contributed by atoms with Crippen LogP contribution in [0.25, 0.3) is 0 Å². The Morgan fingerprint density at radius 3 is 2.75 bits per heavy atom. The minimum Gasteiger partial charge on any atom is -0.382 e. The second-order valence-electron chi connectivity index (χ2n) is 5.38. The fraction of sp³-hybridized carbons (Fsp3) is 0.538. The zero-order chi connectivity index (χ0) is 11.8. The topological polar surface area (TPSA) is 12.0 Å². The quantitative estimate of drug-likeness (QED) is 0.806. The van der Waals surface area contributed by atoms with E-state index in [4.69, 9.17) is 11.6 Å². The van der Waals surface area contributed by atoms with Gasteiger partial charge in [-0.3, -0.25) is 0 Å². The molecule has 1 nitrogen and oxygen atoms in total. The lowest BCUT2D eigenvalue weighted by Crippen LogP contribution is -2.17. The molecule has 1 aliphatic carbocycles. The van der Waals surface area contributed by atoms with Crippen LogP contribution >= 0.6 is 11.6 Å². The molecular formula is C13H17ClFN. The third-order valence-electron chi connectivity index (χ3n) is 3.26. The monoisotopic (exact) mass is 241 g/mol. The SMILES string of the molecule is CC1(C)CCC(Nc2ccc(Cl)c(F)c2)C1. The van der Waals surface area contributed by atoms with Crippen molar-refractivity contribution in [1.29, 1.82) is 0 Å². The number of benzene rings is 1. The predicted octanol–water partition coefficient (Wildman–Crippen LogP) is 4.47. The molecule has 1 aliphatic rings. The summed E-state index contributed by atoms with van der Waals surface area (Å²) < 4.78 is 13.2. The molecular weight excluding hydrogens is 225 g/mol. The number of hydrogen-bond acceptors (Lipinski definition) is 1. The Kier molecular flexibility index (Phi) is 3.11. The zero-order valence-corrected chi connectivity index (χ0v) is 10.4. The molecule has 1 saturated carbocycles. The van der Waals surface area contributed by atoms with E-state index in [1.807, 2.05) is 6.07 Å². The van der Waals surface area contributed by atoms with Crippen LogP contribution in [0.3, 0.4) is 0 Å². The summed E-state index contributed by atoms with van der Waals surface area (Å²) in [5, 5.41) is 3.54.